The van der Waals surface area contributed by atoms with Crippen LogP contribution in [0.4, 0.5) is 10.5 Å². The van der Waals surface area contributed by atoms with Crippen molar-refractivity contribution in [1.29, 1.82) is 0 Å². The number of ether oxygens (including phenoxy) is 1. The summed E-state index contributed by atoms with van der Waals surface area (Å²) in [5.41, 5.74) is 1.97. The first-order valence-electron chi connectivity index (χ1n) is 9.97. The van der Waals surface area contributed by atoms with Crippen LogP contribution in [0.15, 0.2) is 18.2 Å². The van der Waals surface area contributed by atoms with Crippen molar-refractivity contribution in [3.63, 3.8) is 0 Å². The minimum Gasteiger partial charge on any atom is -0.456 e. The van der Waals surface area contributed by atoms with Crippen LogP contribution in [0, 0.1) is 13.8 Å². The number of hydrogen-bond donors (Lipinski definition) is 2. The zero-order valence-electron chi connectivity index (χ0n) is 16.9. The van der Waals surface area contributed by atoms with E-state index in [0.717, 1.165) is 24.0 Å². The molecule has 29 heavy (non-hydrogen) atoms. The Hall–Kier alpha value is -2.90. The third-order valence-electron chi connectivity index (χ3n) is 5.34. The number of anilines is 1. The van der Waals surface area contributed by atoms with Crippen LogP contribution in [0.5, 0.6) is 0 Å². The summed E-state index contributed by atoms with van der Waals surface area (Å²) in [6.45, 7) is 3.65. The Morgan fingerprint density at radius 3 is 2.45 bits per heavy atom. The van der Waals surface area contributed by atoms with E-state index in [1.165, 1.54) is 4.90 Å². The van der Waals surface area contributed by atoms with Gasteiger partial charge < -0.3 is 15.4 Å². The number of benzene rings is 1. The van der Waals surface area contributed by atoms with Crippen LogP contribution in [0.25, 0.3) is 0 Å². The molecule has 0 aromatic heterocycles. The number of carbonyl (C=O) groups is 4. The van der Waals surface area contributed by atoms with Gasteiger partial charge in [-0.05, 0) is 56.4 Å². The molecule has 2 N–H and O–H groups in total. The highest BCUT2D eigenvalue weighted by molar-refractivity contribution is 6.07. The van der Waals surface area contributed by atoms with Gasteiger partial charge in [0.2, 0.25) is 0 Å². The first kappa shape index (κ1) is 20.8. The van der Waals surface area contributed by atoms with Gasteiger partial charge in [-0.25, -0.2) is 4.79 Å². The molecular weight excluding hydrogens is 374 g/mol. The number of esters is 1. The highest BCUT2D eigenvalue weighted by Gasteiger charge is 2.52. The fourth-order valence-electron chi connectivity index (χ4n) is 4.04. The summed E-state index contributed by atoms with van der Waals surface area (Å²) in [5.74, 6) is -1.15. The number of aryl methyl sites for hydroxylation is 2. The zero-order valence-corrected chi connectivity index (χ0v) is 16.9. The largest absolute Gasteiger partial charge is 0.456 e. The Morgan fingerprint density at radius 2 is 1.79 bits per heavy atom. The molecule has 2 aliphatic rings. The minimum atomic E-state index is -0.732. The maximum absolute atomic E-state index is 12.5. The molecule has 1 aliphatic heterocycles. The van der Waals surface area contributed by atoms with Crippen molar-refractivity contribution >= 4 is 29.5 Å². The number of amides is 4. The van der Waals surface area contributed by atoms with Crippen molar-refractivity contribution in [2.45, 2.75) is 57.9 Å². The van der Waals surface area contributed by atoms with E-state index in [4.69, 9.17) is 4.74 Å². The van der Waals surface area contributed by atoms with Crippen LogP contribution in [0.1, 0.15) is 49.7 Å². The van der Waals surface area contributed by atoms with E-state index in [-0.39, 0.29) is 25.5 Å². The number of nitrogens with zero attached hydrogens (tertiary/aromatic N) is 1. The third kappa shape index (κ3) is 4.93. The predicted molar refractivity (Wildman–Crippen MR) is 106 cm³/mol. The number of rotatable bonds is 7. The number of imide groups is 1. The lowest BCUT2D eigenvalue weighted by atomic mass is 9.98. The molecule has 2 fully saturated rings. The fraction of sp³-hybridized carbons (Fsp3) is 0.524. The van der Waals surface area contributed by atoms with Crippen molar-refractivity contribution in [3.8, 4) is 0 Å². The average Bonchev–Trinajstić information content (AvgIpc) is 3.19. The Bertz CT molecular complexity index is 809. The van der Waals surface area contributed by atoms with Crippen molar-refractivity contribution in [3.05, 3.63) is 29.3 Å². The van der Waals surface area contributed by atoms with Crippen LogP contribution < -0.4 is 10.6 Å². The number of carbonyl (C=O) groups excluding carboxylic acids is 4. The van der Waals surface area contributed by atoms with Crippen LogP contribution >= 0.6 is 0 Å². The molecule has 3 rings (SSSR count). The van der Waals surface area contributed by atoms with E-state index in [1.807, 2.05) is 32.0 Å². The molecule has 8 nitrogen and oxygen atoms in total. The van der Waals surface area contributed by atoms with E-state index < -0.39 is 23.4 Å². The quantitative estimate of drug-likeness (QED) is 0.539. The molecule has 0 unspecified atom stereocenters. The molecule has 156 valence electrons. The summed E-state index contributed by atoms with van der Waals surface area (Å²) < 4.78 is 4.99. The van der Waals surface area contributed by atoms with Gasteiger partial charge in [-0.1, -0.05) is 18.9 Å². The summed E-state index contributed by atoms with van der Waals surface area (Å²) in [7, 11) is 0. The van der Waals surface area contributed by atoms with Crippen molar-refractivity contribution in [1.82, 2.24) is 10.2 Å². The van der Waals surface area contributed by atoms with E-state index in [1.54, 1.807) is 0 Å². The smallest absolute Gasteiger partial charge is 0.325 e. The standard InChI is InChI=1S/C21H27N3O5/c1-14-10-15(2)12-16(11-14)22-17(25)13-29-18(26)6-5-9-24-19(27)21(23-20(24)28)7-3-4-8-21/h10-12H,3-9,13H2,1-2H3,(H,22,25)(H,23,28). The number of urea groups is 1. The predicted octanol–water partition coefficient (Wildman–Crippen LogP) is 2.43. The van der Waals surface area contributed by atoms with Gasteiger partial charge in [0, 0.05) is 18.7 Å². The Balaban J connectivity index is 1.38. The lowest BCUT2D eigenvalue weighted by Crippen LogP contribution is -2.44. The van der Waals surface area contributed by atoms with Gasteiger partial charge in [-0.2, -0.15) is 0 Å². The topological polar surface area (TPSA) is 105 Å². The molecule has 1 saturated heterocycles. The second-order valence-electron chi connectivity index (χ2n) is 7.86. The van der Waals surface area contributed by atoms with Gasteiger partial charge in [-0.15, -0.1) is 0 Å². The van der Waals surface area contributed by atoms with Gasteiger partial charge in [0.05, 0.1) is 0 Å². The summed E-state index contributed by atoms with van der Waals surface area (Å²) in [5, 5.41) is 5.50. The van der Waals surface area contributed by atoms with Gasteiger partial charge in [-0.3, -0.25) is 19.3 Å². The normalized spacial score (nSPS) is 17.5. The Morgan fingerprint density at radius 1 is 1.14 bits per heavy atom. The second-order valence-corrected chi connectivity index (χ2v) is 7.86. The summed E-state index contributed by atoms with van der Waals surface area (Å²) in [6.07, 6.45) is 3.53. The molecule has 1 aromatic rings. The lowest BCUT2D eigenvalue weighted by Gasteiger charge is -2.19. The molecule has 0 radical (unpaired) electrons. The molecule has 8 heteroatoms. The van der Waals surface area contributed by atoms with Crippen LogP contribution in [0.2, 0.25) is 0 Å². The SMILES string of the molecule is Cc1cc(C)cc(NC(=O)COC(=O)CCCN2C(=O)NC3(CCCC3)C2=O)c1. The van der Waals surface area contributed by atoms with Gasteiger partial charge in [0.25, 0.3) is 11.8 Å². The molecule has 1 aromatic carbocycles. The summed E-state index contributed by atoms with van der Waals surface area (Å²) in [4.78, 5) is 49.6. The van der Waals surface area contributed by atoms with Gasteiger partial charge in [0.1, 0.15) is 5.54 Å². The van der Waals surface area contributed by atoms with Crippen LogP contribution in [-0.2, 0) is 19.1 Å². The van der Waals surface area contributed by atoms with Crippen molar-refractivity contribution < 1.29 is 23.9 Å². The highest BCUT2D eigenvalue weighted by atomic mass is 16.5. The first-order valence-corrected chi connectivity index (χ1v) is 9.97. The third-order valence-corrected chi connectivity index (χ3v) is 5.34. The van der Waals surface area contributed by atoms with Crippen LogP contribution in [-0.4, -0.2) is 47.4 Å². The highest BCUT2D eigenvalue weighted by Crippen LogP contribution is 2.35. The summed E-state index contributed by atoms with van der Waals surface area (Å²) >= 11 is 0. The maximum atomic E-state index is 12.5. The summed E-state index contributed by atoms with van der Waals surface area (Å²) in [6, 6.07) is 5.28. The zero-order chi connectivity index (χ0) is 21.0. The fourth-order valence-corrected chi connectivity index (χ4v) is 4.04. The molecular formula is C21H27N3O5. The van der Waals surface area contributed by atoms with E-state index in [2.05, 4.69) is 10.6 Å². The molecule has 1 spiro atoms. The van der Waals surface area contributed by atoms with Crippen molar-refractivity contribution in [2.75, 3.05) is 18.5 Å². The van der Waals surface area contributed by atoms with Crippen molar-refractivity contribution in [2.24, 2.45) is 0 Å². The number of nitrogens with one attached hydrogen (secondary N) is 2. The minimum absolute atomic E-state index is 0.0287. The van der Waals surface area contributed by atoms with E-state index in [0.29, 0.717) is 24.9 Å². The molecule has 0 atom stereocenters. The monoisotopic (exact) mass is 401 g/mol. The van der Waals surface area contributed by atoms with E-state index >= 15 is 0 Å². The molecule has 1 aliphatic carbocycles. The Kier molecular flexibility index (Phi) is 6.20. The molecule has 0 bridgehead atoms. The van der Waals surface area contributed by atoms with Gasteiger partial charge >= 0.3 is 12.0 Å². The van der Waals surface area contributed by atoms with Gasteiger partial charge in [0.15, 0.2) is 6.61 Å². The maximum Gasteiger partial charge on any atom is 0.325 e. The molecule has 4 amide bonds. The van der Waals surface area contributed by atoms with E-state index in [9.17, 15) is 19.2 Å². The molecule has 1 heterocycles. The second kappa shape index (κ2) is 8.63. The number of hydrogen-bond acceptors (Lipinski definition) is 5. The molecule has 1 saturated carbocycles. The van der Waals surface area contributed by atoms with Crippen LogP contribution in [0.3, 0.4) is 0 Å². The Labute approximate surface area is 170 Å². The first-order chi connectivity index (χ1) is 13.8. The lowest BCUT2D eigenvalue weighted by molar-refractivity contribution is -0.147. The average molecular weight is 401 g/mol.